The van der Waals surface area contributed by atoms with Gasteiger partial charge < -0.3 is 0 Å². The van der Waals surface area contributed by atoms with Crippen molar-refractivity contribution >= 4 is 37.3 Å². The van der Waals surface area contributed by atoms with E-state index < -0.39 is 20.0 Å². The summed E-state index contributed by atoms with van der Waals surface area (Å²) in [5, 5.41) is 4.17. The quantitative estimate of drug-likeness (QED) is 0.814. The maximum Gasteiger partial charge on any atom is 0.265 e. The lowest BCUT2D eigenvalue weighted by Crippen LogP contribution is -2.22. The van der Waals surface area contributed by atoms with E-state index in [1.165, 1.54) is 37.0 Å². The summed E-state index contributed by atoms with van der Waals surface area (Å²) in [7, 11) is -3.30. The Balaban J connectivity index is 2.53. The Morgan fingerprint density at radius 2 is 1.76 bits per heavy atom. The number of rotatable bonds is 5. The molecule has 0 radical (unpaired) electrons. The van der Waals surface area contributed by atoms with Crippen LogP contribution in [0, 0.1) is 13.8 Å². The number of sulfonamides is 2. The van der Waals surface area contributed by atoms with Crippen LogP contribution < -0.4 is 4.72 Å². The minimum absolute atomic E-state index is 0.0211. The van der Waals surface area contributed by atoms with Gasteiger partial charge in [-0.25, -0.2) is 21.1 Å². The van der Waals surface area contributed by atoms with Crippen molar-refractivity contribution in [2.45, 2.75) is 23.6 Å². The number of aromatic nitrogens is 2. The SMILES string of the molecule is Cc1nn(C)c(C)c1S(=O)(=O)Nc1cc(S(=O)(=O)N(C)C)ccc1Cl. The number of benzene rings is 1. The van der Waals surface area contributed by atoms with E-state index in [2.05, 4.69) is 9.82 Å². The maximum atomic E-state index is 12.7. The minimum atomic E-state index is -3.99. The molecule has 0 aliphatic rings. The molecule has 25 heavy (non-hydrogen) atoms. The zero-order valence-corrected chi connectivity index (χ0v) is 16.8. The van der Waals surface area contributed by atoms with Crippen molar-refractivity contribution in [3.63, 3.8) is 0 Å². The van der Waals surface area contributed by atoms with Crippen molar-refractivity contribution in [1.29, 1.82) is 0 Å². The maximum absolute atomic E-state index is 12.7. The number of nitrogens with one attached hydrogen (secondary N) is 1. The summed E-state index contributed by atoms with van der Waals surface area (Å²) in [5.74, 6) is 0. The van der Waals surface area contributed by atoms with E-state index in [9.17, 15) is 16.8 Å². The molecule has 11 heteroatoms. The van der Waals surface area contributed by atoms with Crippen LogP contribution in [0.25, 0.3) is 0 Å². The van der Waals surface area contributed by atoms with Gasteiger partial charge in [-0.1, -0.05) is 11.6 Å². The van der Waals surface area contributed by atoms with Gasteiger partial charge in [0.05, 0.1) is 27.0 Å². The highest BCUT2D eigenvalue weighted by Crippen LogP contribution is 2.29. The molecular formula is C14H19ClN4O4S2. The average molecular weight is 407 g/mol. The molecular weight excluding hydrogens is 388 g/mol. The highest BCUT2D eigenvalue weighted by Gasteiger charge is 2.26. The Kier molecular flexibility index (Phi) is 5.20. The molecule has 8 nitrogen and oxygen atoms in total. The lowest BCUT2D eigenvalue weighted by Gasteiger charge is -2.14. The van der Waals surface area contributed by atoms with Gasteiger partial charge in [0.1, 0.15) is 4.90 Å². The fourth-order valence-corrected chi connectivity index (χ4v) is 4.95. The zero-order valence-electron chi connectivity index (χ0n) is 14.4. The molecule has 0 saturated carbocycles. The van der Waals surface area contributed by atoms with Crippen LogP contribution in [0.15, 0.2) is 28.0 Å². The van der Waals surface area contributed by atoms with Gasteiger partial charge in [0, 0.05) is 21.1 Å². The molecule has 138 valence electrons. The highest BCUT2D eigenvalue weighted by molar-refractivity contribution is 7.92. The fraction of sp³-hybridized carbons (Fsp3) is 0.357. The average Bonchev–Trinajstić information content (AvgIpc) is 2.74. The van der Waals surface area contributed by atoms with E-state index in [0.717, 1.165) is 4.31 Å². The molecule has 0 unspecified atom stereocenters. The summed E-state index contributed by atoms with van der Waals surface area (Å²) in [6, 6.07) is 3.84. The van der Waals surface area contributed by atoms with Crippen LogP contribution in [0.2, 0.25) is 5.02 Å². The van der Waals surface area contributed by atoms with Gasteiger partial charge in [0.25, 0.3) is 10.0 Å². The first-order valence-electron chi connectivity index (χ1n) is 7.13. The second-order valence-electron chi connectivity index (χ2n) is 5.66. The largest absolute Gasteiger partial charge is 0.278 e. The molecule has 0 bridgehead atoms. The third kappa shape index (κ3) is 3.66. The first-order valence-corrected chi connectivity index (χ1v) is 10.4. The smallest absolute Gasteiger partial charge is 0.265 e. The summed E-state index contributed by atoms with van der Waals surface area (Å²) in [4.78, 5) is -0.0360. The monoisotopic (exact) mass is 406 g/mol. The number of anilines is 1. The van der Waals surface area contributed by atoms with Gasteiger partial charge in [-0.2, -0.15) is 5.10 Å². The van der Waals surface area contributed by atoms with Crippen LogP contribution in [-0.4, -0.2) is 45.0 Å². The van der Waals surface area contributed by atoms with E-state index >= 15 is 0 Å². The molecule has 0 aliphatic heterocycles. The van der Waals surface area contributed by atoms with Crippen molar-refractivity contribution in [1.82, 2.24) is 14.1 Å². The number of halogens is 1. The van der Waals surface area contributed by atoms with E-state index in [1.54, 1.807) is 20.9 Å². The van der Waals surface area contributed by atoms with E-state index in [-0.39, 0.29) is 20.5 Å². The van der Waals surface area contributed by atoms with Crippen molar-refractivity contribution in [3.8, 4) is 0 Å². The fourth-order valence-electron chi connectivity index (χ4n) is 2.29. The molecule has 0 saturated heterocycles. The van der Waals surface area contributed by atoms with Crippen LogP contribution in [0.1, 0.15) is 11.4 Å². The molecule has 0 atom stereocenters. The second kappa shape index (κ2) is 6.60. The van der Waals surface area contributed by atoms with Gasteiger partial charge in [-0.15, -0.1) is 0 Å². The Hall–Kier alpha value is -1.62. The molecule has 0 aliphatic carbocycles. The lowest BCUT2D eigenvalue weighted by atomic mass is 10.3. The highest BCUT2D eigenvalue weighted by atomic mass is 35.5. The van der Waals surface area contributed by atoms with Crippen LogP contribution in [0.5, 0.6) is 0 Å². The summed E-state index contributed by atoms with van der Waals surface area (Å²) in [6.45, 7) is 3.21. The third-order valence-corrected chi connectivity index (χ3v) is 7.43. The molecule has 1 aromatic carbocycles. The van der Waals surface area contributed by atoms with Crippen molar-refractivity contribution in [3.05, 3.63) is 34.6 Å². The predicted octanol–water partition coefficient (Wildman–Crippen LogP) is 1.74. The van der Waals surface area contributed by atoms with Crippen LogP contribution in [0.3, 0.4) is 0 Å². The number of hydrogen-bond donors (Lipinski definition) is 1. The van der Waals surface area contributed by atoms with E-state index in [0.29, 0.717) is 11.4 Å². The van der Waals surface area contributed by atoms with Gasteiger partial charge in [-0.3, -0.25) is 9.40 Å². The normalized spacial score (nSPS) is 12.6. The van der Waals surface area contributed by atoms with Gasteiger partial charge in [0.2, 0.25) is 10.0 Å². The summed E-state index contributed by atoms with van der Waals surface area (Å²) >= 11 is 6.05. The van der Waals surface area contributed by atoms with Crippen LogP contribution in [0.4, 0.5) is 5.69 Å². The molecule has 0 spiro atoms. The first kappa shape index (κ1) is 19.7. The Labute approximate surface area is 152 Å². The first-order chi connectivity index (χ1) is 11.4. The molecule has 2 aromatic rings. The van der Waals surface area contributed by atoms with Gasteiger partial charge >= 0.3 is 0 Å². The molecule has 1 N–H and O–H groups in total. The molecule has 1 aromatic heterocycles. The number of aryl methyl sites for hydroxylation is 2. The lowest BCUT2D eigenvalue weighted by molar-refractivity contribution is 0.521. The summed E-state index contributed by atoms with van der Waals surface area (Å²) in [6.07, 6.45) is 0. The van der Waals surface area contributed by atoms with Gasteiger partial charge in [0.15, 0.2) is 0 Å². The summed E-state index contributed by atoms with van der Waals surface area (Å²) < 4.78 is 54.8. The summed E-state index contributed by atoms with van der Waals surface area (Å²) in [5.41, 5.74) is 0.770. The Bertz CT molecular complexity index is 1030. The number of hydrogen-bond acceptors (Lipinski definition) is 5. The minimum Gasteiger partial charge on any atom is -0.278 e. The van der Waals surface area contributed by atoms with Crippen molar-refractivity contribution in [2.75, 3.05) is 18.8 Å². The molecule has 2 rings (SSSR count). The van der Waals surface area contributed by atoms with Crippen LogP contribution >= 0.6 is 11.6 Å². The Morgan fingerprint density at radius 1 is 1.16 bits per heavy atom. The topological polar surface area (TPSA) is 101 Å². The predicted molar refractivity (Wildman–Crippen MR) is 95.8 cm³/mol. The zero-order chi connectivity index (χ0) is 19.2. The molecule has 0 fully saturated rings. The second-order valence-corrected chi connectivity index (χ2v) is 9.84. The third-order valence-electron chi connectivity index (χ3n) is 3.67. The van der Waals surface area contributed by atoms with E-state index in [4.69, 9.17) is 11.6 Å². The molecule has 0 amide bonds. The van der Waals surface area contributed by atoms with E-state index in [1.807, 2.05) is 0 Å². The Morgan fingerprint density at radius 3 is 2.24 bits per heavy atom. The van der Waals surface area contributed by atoms with Gasteiger partial charge in [-0.05, 0) is 32.0 Å². The molecule has 1 heterocycles. The van der Waals surface area contributed by atoms with Crippen LogP contribution in [-0.2, 0) is 27.1 Å². The number of nitrogens with zero attached hydrogens (tertiary/aromatic N) is 3. The van der Waals surface area contributed by atoms with Crippen molar-refractivity contribution in [2.24, 2.45) is 7.05 Å². The van der Waals surface area contributed by atoms with Crippen molar-refractivity contribution < 1.29 is 16.8 Å². The standard InChI is InChI=1S/C14H19ClN4O4S2/c1-9-14(10(2)19(5)16-9)24(20,21)17-13-8-11(6-7-12(13)15)25(22,23)18(3)4/h6-8,17H,1-5H3.